The van der Waals surface area contributed by atoms with Crippen LogP contribution in [0, 0.1) is 13.8 Å². The van der Waals surface area contributed by atoms with Crippen molar-refractivity contribution in [3.63, 3.8) is 0 Å². The average Bonchev–Trinajstić information content (AvgIpc) is 3.03. The normalized spacial score (nSPS) is 10.9. The molecule has 0 fully saturated rings. The van der Waals surface area contributed by atoms with Gasteiger partial charge in [-0.15, -0.1) is 11.3 Å². The monoisotopic (exact) mass is 286 g/mol. The molecule has 2 N–H and O–H groups in total. The van der Waals surface area contributed by atoms with Gasteiger partial charge < -0.3 is 10.3 Å². The molecular formula is C14H14N4OS. The van der Waals surface area contributed by atoms with Gasteiger partial charge in [0.05, 0.1) is 0 Å². The summed E-state index contributed by atoms with van der Waals surface area (Å²) in [6, 6.07) is 6.33. The van der Waals surface area contributed by atoms with Gasteiger partial charge in [-0.3, -0.25) is 0 Å². The fourth-order valence-electron chi connectivity index (χ4n) is 1.91. The first-order valence-corrected chi connectivity index (χ1v) is 7.10. The van der Waals surface area contributed by atoms with Gasteiger partial charge in [0.25, 0.3) is 5.89 Å². The molecular weight excluding hydrogens is 272 g/mol. The standard InChI is InChI=1S/C14H14N4OS/c1-8-3-4-10(5-9(8)2)6-12-17-13(19-18-12)11-7-20-14(15)16-11/h3-5,7H,6H2,1-2H3,(H2,15,16). The molecule has 5 nitrogen and oxygen atoms in total. The van der Waals surface area contributed by atoms with Gasteiger partial charge in [0, 0.05) is 11.8 Å². The molecule has 0 radical (unpaired) electrons. The zero-order valence-electron chi connectivity index (χ0n) is 11.3. The largest absolute Gasteiger partial charge is 0.375 e. The lowest BCUT2D eigenvalue weighted by molar-refractivity contribution is 0.423. The highest BCUT2D eigenvalue weighted by Gasteiger charge is 2.12. The van der Waals surface area contributed by atoms with Crippen LogP contribution in [0.4, 0.5) is 5.13 Å². The Kier molecular flexibility index (Phi) is 3.23. The van der Waals surface area contributed by atoms with Gasteiger partial charge in [-0.25, -0.2) is 4.98 Å². The van der Waals surface area contributed by atoms with Crippen molar-refractivity contribution in [2.24, 2.45) is 0 Å². The third kappa shape index (κ3) is 2.55. The van der Waals surface area contributed by atoms with Gasteiger partial charge in [0.15, 0.2) is 11.0 Å². The van der Waals surface area contributed by atoms with E-state index in [1.54, 1.807) is 0 Å². The molecule has 20 heavy (non-hydrogen) atoms. The van der Waals surface area contributed by atoms with E-state index < -0.39 is 0 Å². The molecule has 0 atom stereocenters. The molecule has 0 saturated heterocycles. The molecule has 2 heterocycles. The minimum absolute atomic E-state index is 0.414. The maximum Gasteiger partial charge on any atom is 0.277 e. The van der Waals surface area contributed by atoms with Gasteiger partial charge in [-0.1, -0.05) is 23.4 Å². The molecule has 2 aromatic heterocycles. The van der Waals surface area contributed by atoms with Crippen molar-refractivity contribution in [3.05, 3.63) is 46.1 Å². The predicted molar refractivity (Wildman–Crippen MR) is 78.5 cm³/mol. The van der Waals surface area contributed by atoms with E-state index in [1.807, 2.05) is 5.38 Å². The number of nitrogen functional groups attached to an aromatic ring is 1. The van der Waals surface area contributed by atoms with Crippen LogP contribution in [-0.2, 0) is 6.42 Å². The number of hydrogen-bond donors (Lipinski definition) is 1. The fraction of sp³-hybridized carbons (Fsp3) is 0.214. The van der Waals surface area contributed by atoms with E-state index in [0.29, 0.717) is 29.0 Å². The van der Waals surface area contributed by atoms with Gasteiger partial charge in [0.2, 0.25) is 0 Å². The second kappa shape index (κ2) is 5.05. The van der Waals surface area contributed by atoms with Crippen LogP contribution in [0.25, 0.3) is 11.6 Å². The quantitative estimate of drug-likeness (QED) is 0.800. The van der Waals surface area contributed by atoms with Crippen molar-refractivity contribution in [3.8, 4) is 11.6 Å². The van der Waals surface area contributed by atoms with Crippen LogP contribution in [0.2, 0.25) is 0 Å². The Balaban J connectivity index is 1.82. The van der Waals surface area contributed by atoms with Crippen LogP contribution in [0.3, 0.4) is 0 Å². The highest BCUT2D eigenvalue weighted by Crippen LogP contribution is 2.22. The number of aryl methyl sites for hydroxylation is 2. The Hall–Kier alpha value is -2.21. The summed E-state index contributed by atoms with van der Waals surface area (Å²) in [5.41, 5.74) is 9.93. The molecule has 1 aromatic carbocycles. The van der Waals surface area contributed by atoms with Gasteiger partial charge >= 0.3 is 0 Å². The second-order valence-corrected chi connectivity index (χ2v) is 5.57. The van der Waals surface area contributed by atoms with E-state index in [9.17, 15) is 0 Å². The van der Waals surface area contributed by atoms with E-state index in [0.717, 1.165) is 0 Å². The predicted octanol–water partition coefficient (Wildman–Crippen LogP) is 2.98. The van der Waals surface area contributed by atoms with Crippen molar-refractivity contribution in [1.29, 1.82) is 0 Å². The SMILES string of the molecule is Cc1ccc(Cc2noc(-c3csc(N)n3)n2)cc1C. The summed E-state index contributed by atoms with van der Waals surface area (Å²) >= 11 is 1.35. The maximum absolute atomic E-state index is 5.59. The van der Waals surface area contributed by atoms with Crippen LogP contribution in [0.5, 0.6) is 0 Å². The van der Waals surface area contributed by atoms with Crippen molar-refractivity contribution in [1.82, 2.24) is 15.1 Å². The molecule has 0 aliphatic rings. The molecule has 3 rings (SSSR count). The number of nitrogens with two attached hydrogens (primary N) is 1. The van der Waals surface area contributed by atoms with E-state index in [2.05, 4.69) is 47.2 Å². The highest BCUT2D eigenvalue weighted by atomic mass is 32.1. The smallest absolute Gasteiger partial charge is 0.277 e. The summed E-state index contributed by atoms with van der Waals surface area (Å²) in [5.74, 6) is 1.06. The molecule has 0 bridgehead atoms. The molecule has 0 aliphatic carbocycles. The lowest BCUT2D eigenvalue weighted by Gasteiger charge is -2.02. The Bertz CT molecular complexity index is 747. The third-order valence-corrected chi connectivity index (χ3v) is 3.82. The summed E-state index contributed by atoms with van der Waals surface area (Å²) in [6.07, 6.45) is 0.643. The van der Waals surface area contributed by atoms with Gasteiger partial charge in [-0.2, -0.15) is 4.98 Å². The lowest BCUT2D eigenvalue weighted by atomic mass is 10.0. The number of benzene rings is 1. The summed E-state index contributed by atoms with van der Waals surface area (Å²) < 4.78 is 5.22. The molecule has 102 valence electrons. The molecule has 6 heteroatoms. The first-order valence-electron chi connectivity index (χ1n) is 6.22. The molecule has 0 unspecified atom stereocenters. The van der Waals surface area contributed by atoms with Gasteiger partial charge in [0.1, 0.15) is 5.69 Å². The Morgan fingerprint density at radius 1 is 1.20 bits per heavy atom. The van der Waals surface area contributed by atoms with E-state index >= 15 is 0 Å². The maximum atomic E-state index is 5.59. The topological polar surface area (TPSA) is 77.8 Å². The number of thiazole rings is 1. The molecule has 0 spiro atoms. The lowest BCUT2D eigenvalue weighted by Crippen LogP contribution is -1.92. The Morgan fingerprint density at radius 2 is 2.05 bits per heavy atom. The zero-order chi connectivity index (χ0) is 14.1. The van der Waals surface area contributed by atoms with Crippen molar-refractivity contribution < 1.29 is 4.52 Å². The van der Waals surface area contributed by atoms with Crippen molar-refractivity contribution >= 4 is 16.5 Å². The van der Waals surface area contributed by atoms with Crippen molar-refractivity contribution in [2.45, 2.75) is 20.3 Å². The molecule has 0 amide bonds. The van der Waals surface area contributed by atoms with Crippen molar-refractivity contribution in [2.75, 3.05) is 5.73 Å². The second-order valence-electron chi connectivity index (χ2n) is 4.68. The fourth-order valence-corrected chi connectivity index (χ4v) is 2.45. The minimum Gasteiger partial charge on any atom is -0.375 e. The summed E-state index contributed by atoms with van der Waals surface area (Å²) in [4.78, 5) is 8.48. The van der Waals surface area contributed by atoms with Gasteiger partial charge in [-0.05, 0) is 30.5 Å². The molecule has 3 aromatic rings. The first kappa shape index (κ1) is 12.8. The summed E-state index contributed by atoms with van der Waals surface area (Å²) in [7, 11) is 0. The number of rotatable bonds is 3. The summed E-state index contributed by atoms with van der Waals surface area (Å²) in [6.45, 7) is 4.19. The van der Waals surface area contributed by atoms with E-state index in [4.69, 9.17) is 10.3 Å². The molecule has 0 saturated carbocycles. The van der Waals surface area contributed by atoms with E-state index in [-0.39, 0.29) is 0 Å². The van der Waals surface area contributed by atoms with Crippen LogP contribution < -0.4 is 5.73 Å². The van der Waals surface area contributed by atoms with Crippen LogP contribution in [0.1, 0.15) is 22.5 Å². The van der Waals surface area contributed by atoms with Crippen LogP contribution in [-0.4, -0.2) is 15.1 Å². The van der Waals surface area contributed by atoms with Crippen LogP contribution >= 0.6 is 11.3 Å². The average molecular weight is 286 g/mol. The third-order valence-electron chi connectivity index (χ3n) is 3.14. The number of aromatic nitrogens is 3. The Morgan fingerprint density at radius 3 is 2.75 bits per heavy atom. The first-order chi connectivity index (χ1) is 9.61. The summed E-state index contributed by atoms with van der Waals surface area (Å²) in [5, 5.41) is 6.29. The highest BCUT2D eigenvalue weighted by molar-refractivity contribution is 7.13. The van der Waals surface area contributed by atoms with Crippen LogP contribution in [0.15, 0.2) is 28.1 Å². The van der Waals surface area contributed by atoms with E-state index in [1.165, 1.54) is 28.0 Å². The number of anilines is 1. The number of hydrogen-bond acceptors (Lipinski definition) is 6. The minimum atomic E-state index is 0.414. The number of nitrogens with zero attached hydrogens (tertiary/aromatic N) is 3. The Labute approximate surface area is 120 Å². The molecule has 0 aliphatic heterocycles. The zero-order valence-corrected chi connectivity index (χ0v) is 12.1.